The lowest BCUT2D eigenvalue weighted by molar-refractivity contribution is 0.589. The van der Waals surface area contributed by atoms with E-state index in [2.05, 4.69) is 11.1 Å². The van der Waals surface area contributed by atoms with E-state index in [1.165, 1.54) is 27.4 Å². The van der Waals surface area contributed by atoms with Gasteiger partial charge in [-0.15, -0.1) is 11.3 Å². The van der Waals surface area contributed by atoms with Crippen LogP contribution in [0.1, 0.15) is 4.88 Å². The zero-order valence-electron chi connectivity index (χ0n) is 16.4. The topological polar surface area (TPSA) is 75.8 Å². The molecule has 32 heavy (non-hydrogen) atoms. The Kier molecular flexibility index (Phi) is 5.06. The van der Waals surface area contributed by atoms with Crippen LogP contribution in [-0.4, -0.2) is 17.4 Å². The summed E-state index contributed by atoms with van der Waals surface area (Å²) in [6.45, 7) is 0. The van der Waals surface area contributed by atoms with E-state index in [1.807, 2.05) is 29.6 Å². The van der Waals surface area contributed by atoms with Crippen LogP contribution in [0.15, 0.2) is 89.3 Å². The molecule has 2 aromatic carbocycles. The number of para-hydroxylation sites is 1. The van der Waals surface area contributed by atoms with Crippen molar-refractivity contribution >= 4 is 43.9 Å². The number of fused-ring (bicyclic) bond motifs is 1. The van der Waals surface area contributed by atoms with Crippen LogP contribution in [0.25, 0.3) is 33.4 Å². The van der Waals surface area contributed by atoms with Crippen molar-refractivity contribution in [2.75, 3.05) is 0 Å². The van der Waals surface area contributed by atoms with E-state index < -0.39 is 10.0 Å². The molecule has 0 saturated heterocycles. The average molecular weight is 476 g/mol. The van der Waals surface area contributed by atoms with Crippen molar-refractivity contribution < 1.29 is 8.42 Å². The molecule has 5 aromatic rings. The van der Waals surface area contributed by atoms with Crippen LogP contribution >= 0.6 is 22.9 Å². The second-order valence-electron chi connectivity index (χ2n) is 6.95. The summed E-state index contributed by atoms with van der Waals surface area (Å²) in [4.78, 5) is 5.08. The number of pyridine rings is 1. The molecule has 0 N–H and O–H groups in total. The molecule has 5 rings (SSSR count). The summed E-state index contributed by atoms with van der Waals surface area (Å²) in [5.74, 6) is 0. The summed E-state index contributed by atoms with van der Waals surface area (Å²) in [5.41, 5.74) is 2.75. The summed E-state index contributed by atoms with van der Waals surface area (Å²) in [5, 5.41) is 12.7. The van der Waals surface area contributed by atoms with Crippen LogP contribution in [0.2, 0.25) is 5.02 Å². The van der Waals surface area contributed by atoms with E-state index in [0.29, 0.717) is 37.9 Å². The number of benzene rings is 2. The Bertz CT molecular complexity index is 1600. The van der Waals surface area contributed by atoms with Crippen molar-refractivity contribution in [3.63, 3.8) is 0 Å². The average Bonchev–Trinajstić information content (AvgIpc) is 3.42. The molecule has 8 heteroatoms. The van der Waals surface area contributed by atoms with Gasteiger partial charge in [0.25, 0.3) is 10.0 Å². The highest BCUT2D eigenvalue weighted by Gasteiger charge is 2.30. The van der Waals surface area contributed by atoms with Gasteiger partial charge in [-0.3, -0.25) is 4.98 Å². The molecule has 0 aliphatic carbocycles. The Morgan fingerprint density at radius 1 is 0.969 bits per heavy atom. The Balaban J connectivity index is 1.97. The van der Waals surface area contributed by atoms with E-state index in [-0.39, 0.29) is 4.90 Å². The molecular formula is C24H14ClN3O2S2. The zero-order valence-corrected chi connectivity index (χ0v) is 18.8. The minimum atomic E-state index is -4.01. The Morgan fingerprint density at radius 3 is 2.44 bits per heavy atom. The molecule has 0 unspecified atom stereocenters. The predicted octanol–water partition coefficient (Wildman–Crippen LogP) is 6.19. The third-order valence-electron chi connectivity index (χ3n) is 5.13. The zero-order chi connectivity index (χ0) is 22.3. The standard InChI is InChI=1S/C24H14ClN3O2S2/c25-16-8-10-17(11-9-16)32(29,30)28-21-7-2-1-5-18(21)23(19-12-14-31-22(19)15-26)24(28)20-6-3-4-13-27-20/h1-14H. The van der Waals surface area contributed by atoms with Gasteiger partial charge in [0, 0.05) is 27.7 Å². The van der Waals surface area contributed by atoms with Crippen LogP contribution < -0.4 is 0 Å². The Labute approximate surface area is 193 Å². The lowest BCUT2D eigenvalue weighted by Crippen LogP contribution is -2.14. The predicted molar refractivity (Wildman–Crippen MR) is 127 cm³/mol. The van der Waals surface area contributed by atoms with E-state index >= 15 is 0 Å². The van der Waals surface area contributed by atoms with Crippen LogP contribution in [0.3, 0.4) is 0 Å². The van der Waals surface area contributed by atoms with E-state index in [1.54, 1.807) is 42.6 Å². The number of hydrogen-bond acceptors (Lipinski definition) is 5. The molecule has 0 aliphatic rings. The molecule has 0 radical (unpaired) electrons. The van der Waals surface area contributed by atoms with Gasteiger partial charge in [-0.2, -0.15) is 5.26 Å². The molecule has 3 aromatic heterocycles. The van der Waals surface area contributed by atoms with Crippen molar-refractivity contribution in [3.05, 3.63) is 94.3 Å². The van der Waals surface area contributed by atoms with Crippen molar-refractivity contribution in [2.45, 2.75) is 4.90 Å². The summed E-state index contributed by atoms with van der Waals surface area (Å²) in [6, 6.07) is 22.8. The SMILES string of the molecule is N#Cc1sccc1-c1c(-c2ccccn2)n(S(=O)(=O)c2ccc(Cl)cc2)c2ccccc12. The minimum Gasteiger partial charge on any atom is -0.255 e. The summed E-state index contributed by atoms with van der Waals surface area (Å²) < 4.78 is 29.2. The smallest absolute Gasteiger partial charge is 0.255 e. The van der Waals surface area contributed by atoms with Crippen molar-refractivity contribution in [3.8, 4) is 28.6 Å². The van der Waals surface area contributed by atoms with Crippen molar-refractivity contribution in [2.24, 2.45) is 0 Å². The number of hydrogen-bond donors (Lipinski definition) is 0. The summed E-state index contributed by atoms with van der Waals surface area (Å²) in [7, 11) is -4.01. The summed E-state index contributed by atoms with van der Waals surface area (Å²) in [6.07, 6.45) is 1.62. The number of rotatable bonds is 4. The lowest BCUT2D eigenvalue weighted by atomic mass is 10.0. The van der Waals surface area contributed by atoms with E-state index in [9.17, 15) is 13.7 Å². The van der Waals surface area contributed by atoms with E-state index in [4.69, 9.17) is 11.6 Å². The van der Waals surface area contributed by atoms with E-state index in [0.717, 1.165) is 5.39 Å². The van der Waals surface area contributed by atoms with Crippen molar-refractivity contribution in [1.29, 1.82) is 5.26 Å². The molecule has 3 heterocycles. The van der Waals surface area contributed by atoms with Gasteiger partial charge in [0.1, 0.15) is 10.9 Å². The monoisotopic (exact) mass is 475 g/mol. The van der Waals surface area contributed by atoms with Gasteiger partial charge in [-0.05, 0) is 53.9 Å². The van der Waals surface area contributed by atoms with Gasteiger partial charge < -0.3 is 0 Å². The maximum absolute atomic E-state index is 13.9. The van der Waals surface area contributed by atoms with Gasteiger partial charge in [0.2, 0.25) is 0 Å². The molecular weight excluding hydrogens is 462 g/mol. The second-order valence-corrected chi connectivity index (χ2v) is 10.1. The maximum atomic E-state index is 13.9. The summed E-state index contributed by atoms with van der Waals surface area (Å²) >= 11 is 7.31. The molecule has 0 atom stereocenters. The van der Waals surface area contributed by atoms with Crippen molar-refractivity contribution in [1.82, 2.24) is 8.96 Å². The van der Waals surface area contributed by atoms with Gasteiger partial charge in [0.15, 0.2) is 0 Å². The lowest BCUT2D eigenvalue weighted by Gasteiger charge is -2.13. The van der Waals surface area contributed by atoms with Gasteiger partial charge in [-0.25, -0.2) is 12.4 Å². The van der Waals surface area contributed by atoms with Crippen LogP contribution in [0.5, 0.6) is 0 Å². The first-order chi connectivity index (χ1) is 15.5. The number of halogens is 1. The van der Waals surface area contributed by atoms with Gasteiger partial charge in [-0.1, -0.05) is 35.9 Å². The quantitative estimate of drug-likeness (QED) is 0.310. The molecule has 5 nitrogen and oxygen atoms in total. The fourth-order valence-corrected chi connectivity index (χ4v) is 6.12. The molecule has 0 fully saturated rings. The Hall–Kier alpha value is -3.44. The number of aromatic nitrogens is 2. The highest BCUT2D eigenvalue weighted by Crippen LogP contribution is 2.44. The molecule has 0 aliphatic heterocycles. The van der Waals surface area contributed by atoms with Crippen LogP contribution in [0, 0.1) is 11.3 Å². The minimum absolute atomic E-state index is 0.109. The first-order valence-corrected chi connectivity index (χ1v) is 12.3. The largest absolute Gasteiger partial charge is 0.268 e. The molecule has 0 saturated carbocycles. The number of thiophene rings is 1. The number of nitrogens with zero attached hydrogens (tertiary/aromatic N) is 3. The van der Waals surface area contributed by atoms with Crippen LogP contribution in [0.4, 0.5) is 0 Å². The highest BCUT2D eigenvalue weighted by atomic mass is 35.5. The van der Waals surface area contributed by atoms with Crippen LogP contribution in [-0.2, 0) is 10.0 Å². The fourth-order valence-electron chi connectivity index (χ4n) is 3.77. The third kappa shape index (κ3) is 3.21. The maximum Gasteiger partial charge on any atom is 0.268 e. The fraction of sp³-hybridized carbons (Fsp3) is 0. The Morgan fingerprint density at radius 2 is 1.72 bits per heavy atom. The molecule has 0 bridgehead atoms. The normalized spacial score (nSPS) is 11.5. The third-order valence-corrected chi connectivity index (χ3v) is 7.93. The highest BCUT2D eigenvalue weighted by molar-refractivity contribution is 7.90. The molecule has 156 valence electrons. The first-order valence-electron chi connectivity index (χ1n) is 9.56. The van der Waals surface area contributed by atoms with Gasteiger partial charge in [0.05, 0.1) is 21.8 Å². The molecule has 0 amide bonds. The second kappa shape index (κ2) is 7.92. The van der Waals surface area contributed by atoms with Gasteiger partial charge >= 0.3 is 0 Å². The molecule has 0 spiro atoms. The number of nitriles is 1. The first kappa shape index (κ1) is 20.5.